The van der Waals surface area contributed by atoms with Crippen molar-refractivity contribution < 1.29 is 14.6 Å². The SMILES string of the molecule is CC(C)(C)OC(=O)N1CCCC(C(O)c2ncnc3[nH]ccc23)C1. The molecule has 3 heterocycles. The third-order valence-electron chi connectivity index (χ3n) is 4.22. The standard InChI is InChI=1S/C17H24N4O3/c1-17(2,3)24-16(23)21-8-4-5-11(9-21)14(22)13-12-6-7-18-15(12)20-10-19-13/h6-7,10-11,14,22H,4-5,8-9H2,1-3H3,(H,18,19,20). The lowest BCUT2D eigenvalue weighted by molar-refractivity contribution is 0.00197. The highest BCUT2D eigenvalue weighted by Crippen LogP contribution is 2.32. The maximum Gasteiger partial charge on any atom is 0.410 e. The second-order valence-corrected chi connectivity index (χ2v) is 7.27. The first-order chi connectivity index (χ1) is 11.3. The Labute approximate surface area is 141 Å². The summed E-state index contributed by atoms with van der Waals surface area (Å²) < 4.78 is 5.44. The summed E-state index contributed by atoms with van der Waals surface area (Å²) in [6.07, 6.45) is 3.85. The molecule has 1 aliphatic heterocycles. The number of nitrogens with one attached hydrogen (secondary N) is 1. The predicted octanol–water partition coefficient (Wildman–Crippen LogP) is 2.64. The minimum Gasteiger partial charge on any atom is -0.444 e. The number of aromatic amines is 1. The normalized spacial score (nSPS) is 20.2. The molecule has 0 radical (unpaired) electrons. The number of ether oxygens (including phenoxy) is 1. The summed E-state index contributed by atoms with van der Waals surface area (Å²) in [6.45, 7) is 6.67. The number of carbonyl (C=O) groups excluding carboxylic acids is 1. The van der Waals surface area contributed by atoms with Gasteiger partial charge in [-0.25, -0.2) is 14.8 Å². The summed E-state index contributed by atoms with van der Waals surface area (Å²) in [5, 5.41) is 11.6. The number of aliphatic hydroxyl groups is 1. The van der Waals surface area contributed by atoms with Crippen molar-refractivity contribution in [2.75, 3.05) is 13.1 Å². The Kier molecular flexibility index (Phi) is 4.45. The number of hydrogen-bond acceptors (Lipinski definition) is 5. The molecule has 0 bridgehead atoms. The summed E-state index contributed by atoms with van der Waals surface area (Å²) >= 11 is 0. The Bertz CT molecular complexity index is 722. The van der Waals surface area contributed by atoms with E-state index in [1.165, 1.54) is 6.33 Å². The van der Waals surface area contributed by atoms with E-state index in [4.69, 9.17) is 4.74 Å². The van der Waals surface area contributed by atoms with Gasteiger partial charge in [0.2, 0.25) is 0 Å². The monoisotopic (exact) mass is 332 g/mol. The largest absolute Gasteiger partial charge is 0.444 e. The quantitative estimate of drug-likeness (QED) is 0.882. The molecule has 7 nitrogen and oxygen atoms in total. The molecule has 130 valence electrons. The van der Waals surface area contributed by atoms with Gasteiger partial charge in [-0.2, -0.15) is 0 Å². The molecular weight excluding hydrogens is 308 g/mol. The van der Waals surface area contributed by atoms with Crippen LogP contribution in [0.2, 0.25) is 0 Å². The van der Waals surface area contributed by atoms with E-state index in [0.717, 1.165) is 18.2 Å². The van der Waals surface area contributed by atoms with Gasteiger partial charge in [-0.3, -0.25) is 0 Å². The van der Waals surface area contributed by atoms with Crippen molar-refractivity contribution in [2.45, 2.75) is 45.3 Å². The number of aromatic nitrogens is 3. The molecule has 1 aliphatic rings. The number of H-pyrrole nitrogens is 1. The number of hydrogen-bond donors (Lipinski definition) is 2. The number of rotatable bonds is 2. The lowest BCUT2D eigenvalue weighted by Gasteiger charge is -2.35. The fourth-order valence-electron chi connectivity index (χ4n) is 3.11. The van der Waals surface area contributed by atoms with E-state index in [9.17, 15) is 9.90 Å². The molecule has 1 fully saturated rings. The van der Waals surface area contributed by atoms with Crippen LogP contribution in [0.4, 0.5) is 4.79 Å². The van der Waals surface area contributed by atoms with E-state index in [1.807, 2.05) is 26.8 Å². The molecule has 2 aromatic heterocycles. The minimum atomic E-state index is -0.739. The van der Waals surface area contributed by atoms with Gasteiger partial charge in [-0.15, -0.1) is 0 Å². The van der Waals surface area contributed by atoms with E-state index in [2.05, 4.69) is 15.0 Å². The van der Waals surface area contributed by atoms with E-state index in [0.29, 0.717) is 24.4 Å². The Morgan fingerprint density at radius 2 is 2.25 bits per heavy atom. The van der Waals surface area contributed by atoms with Crippen LogP contribution in [-0.4, -0.2) is 49.7 Å². The predicted molar refractivity (Wildman–Crippen MR) is 89.4 cm³/mol. The van der Waals surface area contributed by atoms with Crippen molar-refractivity contribution in [1.82, 2.24) is 19.9 Å². The first-order valence-electron chi connectivity index (χ1n) is 8.29. The van der Waals surface area contributed by atoms with Crippen molar-refractivity contribution in [3.63, 3.8) is 0 Å². The van der Waals surface area contributed by atoms with Crippen LogP contribution in [0.15, 0.2) is 18.6 Å². The molecule has 0 spiro atoms. The van der Waals surface area contributed by atoms with Crippen molar-refractivity contribution in [2.24, 2.45) is 5.92 Å². The van der Waals surface area contributed by atoms with Crippen molar-refractivity contribution in [1.29, 1.82) is 0 Å². The molecule has 3 rings (SSSR count). The van der Waals surface area contributed by atoms with Gasteiger partial charge < -0.3 is 19.7 Å². The van der Waals surface area contributed by atoms with Gasteiger partial charge in [-0.1, -0.05) is 0 Å². The molecule has 2 N–H and O–H groups in total. The van der Waals surface area contributed by atoms with Crippen LogP contribution in [0.25, 0.3) is 11.0 Å². The second kappa shape index (κ2) is 6.39. The third kappa shape index (κ3) is 3.51. The molecule has 0 aliphatic carbocycles. The van der Waals surface area contributed by atoms with Crippen LogP contribution in [0.1, 0.15) is 45.4 Å². The highest BCUT2D eigenvalue weighted by atomic mass is 16.6. The number of aliphatic hydroxyl groups excluding tert-OH is 1. The molecule has 24 heavy (non-hydrogen) atoms. The van der Waals surface area contributed by atoms with Gasteiger partial charge in [0, 0.05) is 30.6 Å². The summed E-state index contributed by atoms with van der Waals surface area (Å²) in [5.74, 6) is -0.0701. The number of carbonyl (C=O) groups is 1. The van der Waals surface area contributed by atoms with Crippen LogP contribution in [0.3, 0.4) is 0 Å². The molecular formula is C17H24N4O3. The number of piperidine rings is 1. The highest BCUT2D eigenvalue weighted by Gasteiger charge is 2.32. The van der Waals surface area contributed by atoms with Gasteiger partial charge in [-0.05, 0) is 39.7 Å². The number of amides is 1. The molecule has 0 saturated carbocycles. The summed E-state index contributed by atoms with van der Waals surface area (Å²) in [7, 11) is 0. The molecule has 2 aromatic rings. The van der Waals surface area contributed by atoms with Gasteiger partial charge in [0.1, 0.15) is 23.7 Å². The second-order valence-electron chi connectivity index (χ2n) is 7.27. The van der Waals surface area contributed by atoms with Crippen molar-refractivity contribution >= 4 is 17.1 Å². The number of fused-ring (bicyclic) bond motifs is 1. The average molecular weight is 332 g/mol. The fraction of sp³-hybridized carbons (Fsp3) is 0.588. The molecule has 0 aromatic carbocycles. The molecule has 1 amide bonds. The van der Waals surface area contributed by atoms with Crippen molar-refractivity contribution in [3.05, 3.63) is 24.3 Å². The Morgan fingerprint density at radius 3 is 3.00 bits per heavy atom. The first kappa shape index (κ1) is 16.7. The summed E-state index contributed by atoms with van der Waals surface area (Å²) in [6, 6.07) is 1.86. The topological polar surface area (TPSA) is 91.3 Å². The molecule has 1 saturated heterocycles. The summed E-state index contributed by atoms with van der Waals surface area (Å²) in [5.41, 5.74) is 0.795. The fourth-order valence-corrected chi connectivity index (χ4v) is 3.11. The van der Waals surface area contributed by atoms with Gasteiger partial charge in [0.15, 0.2) is 0 Å². The number of likely N-dealkylation sites (tertiary alicyclic amines) is 1. The zero-order valence-corrected chi connectivity index (χ0v) is 14.3. The lowest BCUT2D eigenvalue weighted by Crippen LogP contribution is -2.44. The Morgan fingerprint density at radius 1 is 1.46 bits per heavy atom. The zero-order valence-electron chi connectivity index (χ0n) is 14.3. The van der Waals surface area contributed by atoms with Gasteiger partial charge >= 0.3 is 6.09 Å². The van der Waals surface area contributed by atoms with E-state index in [-0.39, 0.29) is 12.0 Å². The number of nitrogens with zero attached hydrogens (tertiary/aromatic N) is 3. The lowest BCUT2D eigenvalue weighted by atomic mass is 9.90. The zero-order chi connectivity index (χ0) is 17.3. The van der Waals surface area contributed by atoms with Crippen molar-refractivity contribution in [3.8, 4) is 0 Å². The van der Waals surface area contributed by atoms with Crippen LogP contribution in [0.5, 0.6) is 0 Å². The van der Waals surface area contributed by atoms with Gasteiger partial charge in [0.25, 0.3) is 0 Å². The average Bonchev–Trinajstić information content (AvgIpc) is 3.01. The van der Waals surface area contributed by atoms with Gasteiger partial charge in [0.05, 0.1) is 5.69 Å². The Hall–Kier alpha value is -2.15. The van der Waals surface area contributed by atoms with Crippen LogP contribution in [-0.2, 0) is 4.74 Å². The Balaban J connectivity index is 1.75. The van der Waals surface area contributed by atoms with E-state index >= 15 is 0 Å². The summed E-state index contributed by atoms with van der Waals surface area (Å²) in [4.78, 5) is 25.4. The van der Waals surface area contributed by atoms with E-state index in [1.54, 1.807) is 11.1 Å². The van der Waals surface area contributed by atoms with Crippen LogP contribution in [0, 0.1) is 5.92 Å². The maximum atomic E-state index is 12.3. The molecule has 2 unspecified atom stereocenters. The molecule has 2 atom stereocenters. The minimum absolute atomic E-state index is 0.0701. The third-order valence-corrected chi connectivity index (χ3v) is 4.22. The van der Waals surface area contributed by atoms with Crippen LogP contribution < -0.4 is 0 Å². The van der Waals surface area contributed by atoms with E-state index < -0.39 is 11.7 Å². The van der Waals surface area contributed by atoms with Crippen LogP contribution >= 0.6 is 0 Å². The maximum absolute atomic E-state index is 12.3. The molecule has 7 heteroatoms. The first-order valence-corrected chi connectivity index (χ1v) is 8.29. The highest BCUT2D eigenvalue weighted by molar-refractivity contribution is 5.78. The smallest absolute Gasteiger partial charge is 0.410 e.